The van der Waals surface area contributed by atoms with Crippen molar-refractivity contribution >= 4 is 17.2 Å². The molecule has 6 heteroatoms. The van der Waals surface area contributed by atoms with E-state index in [0.29, 0.717) is 12.2 Å². The molecule has 0 saturated carbocycles. The summed E-state index contributed by atoms with van der Waals surface area (Å²) in [6.45, 7) is 6.86. The van der Waals surface area contributed by atoms with Crippen molar-refractivity contribution < 1.29 is 4.79 Å². The number of rotatable bonds is 7. The second kappa shape index (κ2) is 7.94. The summed E-state index contributed by atoms with van der Waals surface area (Å²) in [5.74, 6) is -0.0539. The molecule has 2 aromatic heterocycles. The molecule has 0 aliphatic heterocycles. The molecule has 1 aliphatic carbocycles. The zero-order chi connectivity index (χ0) is 16.9. The van der Waals surface area contributed by atoms with E-state index in [2.05, 4.69) is 51.1 Å². The topological polar surface area (TPSA) is 61.0 Å². The third-order valence-corrected chi connectivity index (χ3v) is 5.61. The number of hydrogen-bond acceptors (Lipinski definition) is 4. The maximum atomic E-state index is 12.6. The molecule has 0 spiro atoms. The Bertz CT molecular complexity index is 661. The van der Waals surface area contributed by atoms with Gasteiger partial charge in [0.05, 0.1) is 6.04 Å². The number of hydrogen-bond donors (Lipinski definition) is 2. The fourth-order valence-corrected chi connectivity index (χ4v) is 4.24. The number of aryl methyl sites for hydroxylation is 1. The number of fused-ring (bicyclic) bond motifs is 1. The van der Waals surface area contributed by atoms with E-state index in [1.54, 1.807) is 11.3 Å². The first-order valence-corrected chi connectivity index (χ1v) is 9.79. The van der Waals surface area contributed by atoms with Gasteiger partial charge >= 0.3 is 0 Å². The molecular weight excluding hydrogens is 320 g/mol. The lowest BCUT2D eigenvalue weighted by Gasteiger charge is -2.29. The third-order valence-electron chi connectivity index (χ3n) is 4.91. The lowest BCUT2D eigenvalue weighted by molar-refractivity contribution is 0.0929. The van der Waals surface area contributed by atoms with Crippen LogP contribution in [0.2, 0.25) is 0 Å². The highest BCUT2D eigenvalue weighted by Crippen LogP contribution is 2.24. The Hall–Kier alpha value is -1.66. The molecule has 5 nitrogen and oxygen atoms in total. The first kappa shape index (κ1) is 17.2. The summed E-state index contributed by atoms with van der Waals surface area (Å²) in [6, 6.07) is 2.36. The average molecular weight is 347 g/mol. The Labute approximate surface area is 147 Å². The van der Waals surface area contributed by atoms with E-state index in [0.717, 1.165) is 43.6 Å². The van der Waals surface area contributed by atoms with E-state index in [4.69, 9.17) is 0 Å². The largest absolute Gasteiger partial charge is 0.349 e. The highest BCUT2D eigenvalue weighted by molar-refractivity contribution is 7.07. The first-order valence-electron chi connectivity index (χ1n) is 8.85. The van der Waals surface area contributed by atoms with Crippen molar-refractivity contribution in [2.75, 3.05) is 19.6 Å². The minimum Gasteiger partial charge on any atom is -0.349 e. The molecule has 2 aromatic rings. The van der Waals surface area contributed by atoms with E-state index in [1.165, 1.54) is 12.0 Å². The Balaban J connectivity index is 1.70. The average Bonchev–Trinajstić information content (AvgIpc) is 3.27. The summed E-state index contributed by atoms with van der Waals surface area (Å²) < 4.78 is 0. The van der Waals surface area contributed by atoms with Gasteiger partial charge in [-0.05, 0) is 61.2 Å². The lowest BCUT2D eigenvalue weighted by atomic mass is 9.96. The zero-order valence-electron chi connectivity index (χ0n) is 14.5. The van der Waals surface area contributed by atoms with Gasteiger partial charge in [0.1, 0.15) is 0 Å². The summed E-state index contributed by atoms with van der Waals surface area (Å²) in [6.07, 6.45) is 4.29. The van der Waals surface area contributed by atoms with Gasteiger partial charge in [0.2, 0.25) is 0 Å². The number of aromatic nitrogens is 2. The second-order valence-electron chi connectivity index (χ2n) is 6.24. The van der Waals surface area contributed by atoms with E-state index in [1.807, 2.05) is 0 Å². The monoisotopic (exact) mass is 346 g/mol. The summed E-state index contributed by atoms with van der Waals surface area (Å²) in [7, 11) is 0. The number of thiophene rings is 1. The standard InChI is InChI=1S/C18H26N4OS/c1-3-22(4-2)16(13-9-10-24-12-13)11-19-18(23)17-14-7-5-6-8-15(14)20-21-17/h9-10,12,16H,3-8,11H2,1-2H3,(H,19,23)(H,20,21). The summed E-state index contributed by atoms with van der Waals surface area (Å²) in [5.41, 5.74) is 4.12. The number of likely N-dealkylation sites (N-methyl/N-ethyl adjacent to an activating group) is 1. The first-order chi connectivity index (χ1) is 11.7. The van der Waals surface area contributed by atoms with Crippen LogP contribution >= 0.6 is 11.3 Å². The normalized spacial score (nSPS) is 15.3. The molecule has 0 fully saturated rings. The highest BCUT2D eigenvalue weighted by atomic mass is 32.1. The number of nitrogens with zero attached hydrogens (tertiary/aromatic N) is 2. The molecule has 3 rings (SSSR count). The number of aromatic amines is 1. The molecule has 2 N–H and O–H groups in total. The molecule has 0 radical (unpaired) electrons. The van der Waals surface area contributed by atoms with Crippen molar-refractivity contribution in [2.24, 2.45) is 0 Å². The van der Waals surface area contributed by atoms with Crippen molar-refractivity contribution in [3.8, 4) is 0 Å². The fourth-order valence-electron chi connectivity index (χ4n) is 3.53. The molecule has 130 valence electrons. The lowest BCUT2D eigenvalue weighted by Crippen LogP contribution is -2.38. The van der Waals surface area contributed by atoms with Crippen LogP contribution in [0.1, 0.15) is 60.0 Å². The SMILES string of the molecule is CCN(CC)C(CNC(=O)c1n[nH]c2c1CCCC2)c1ccsc1. The maximum absolute atomic E-state index is 12.6. The predicted octanol–water partition coefficient (Wildman–Crippen LogP) is 3.16. The van der Waals surface area contributed by atoms with E-state index >= 15 is 0 Å². The molecule has 0 aromatic carbocycles. The van der Waals surface area contributed by atoms with Gasteiger partial charge in [-0.1, -0.05) is 13.8 Å². The summed E-state index contributed by atoms with van der Waals surface area (Å²) in [4.78, 5) is 15.0. The predicted molar refractivity (Wildman–Crippen MR) is 97.5 cm³/mol. The molecule has 24 heavy (non-hydrogen) atoms. The van der Waals surface area contributed by atoms with Gasteiger partial charge in [-0.25, -0.2) is 0 Å². The van der Waals surface area contributed by atoms with E-state index < -0.39 is 0 Å². The summed E-state index contributed by atoms with van der Waals surface area (Å²) >= 11 is 1.70. The van der Waals surface area contributed by atoms with Crippen LogP contribution in [0.25, 0.3) is 0 Å². The molecule has 1 amide bonds. The summed E-state index contributed by atoms with van der Waals surface area (Å²) in [5, 5.41) is 14.7. The Morgan fingerprint density at radius 3 is 2.88 bits per heavy atom. The number of H-pyrrole nitrogens is 1. The number of amides is 1. The van der Waals surface area contributed by atoms with Crippen molar-refractivity contribution in [1.29, 1.82) is 0 Å². The van der Waals surface area contributed by atoms with Gasteiger partial charge in [-0.2, -0.15) is 16.4 Å². The van der Waals surface area contributed by atoms with Crippen LogP contribution in [-0.2, 0) is 12.8 Å². The van der Waals surface area contributed by atoms with Gasteiger partial charge in [-0.3, -0.25) is 14.8 Å². The number of carbonyl (C=O) groups is 1. The number of carbonyl (C=O) groups excluding carboxylic acids is 1. The Kier molecular flexibility index (Phi) is 5.68. The van der Waals surface area contributed by atoms with Crippen LogP contribution in [0.5, 0.6) is 0 Å². The van der Waals surface area contributed by atoms with Gasteiger partial charge in [0.15, 0.2) is 5.69 Å². The molecule has 2 heterocycles. The number of nitrogens with one attached hydrogen (secondary N) is 2. The van der Waals surface area contributed by atoms with Crippen LogP contribution in [-0.4, -0.2) is 40.6 Å². The Morgan fingerprint density at radius 2 is 2.17 bits per heavy atom. The van der Waals surface area contributed by atoms with Gasteiger partial charge < -0.3 is 5.32 Å². The van der Waals surface area contributed by atoms with Crippen LogP contribution in [0.15, 0.2) is 16.8 Å². The van der Waals surface area contributed by atoms with Gasteiger partial charge in [0, 0.05) is 17.8 Å². The van der Waals surface area contributed by atoms with Gasteiger partial charge in [-0.15, -0.1) is 0 Å². The smallest absolute Gasteiger partial charge is 0.272 e. The fraction of sp³-hybridized carbons (Fsp3) is 0.556. The minimum atomic E-state index is -0.0539. The van der Waals surface area contributed by atoms with Crippen molar-refractivity contribution in [3.05, 3.63) is 39.3 Å². The third kappa shape index (κ3) is 3.54. The minimum absolute atomic E-state index is 0.0539. The maximum Gasteiger partial charge on any atom is 0.272 e. The van der Waals surface area contributed by atoms with Crippen LogP contribution in [0.4, 0.5) is 0 Å². The van der Waals surface area contributed by atoms with Crippen molar-refractivity contribution in [3.63, 3.8) is 0 Å². The van der Waals surface area contributed by atoms with Crippen LogP contribution in [0.3, 0.4) is 0 Å². The van der Waals surface area contributed by atoms with E-state index in [-0.39, 0.29) is 11.9 Å². The second-order valence-corrected chi connectivity index (χ2v) is 7.02. The molecule has 0 bridgehead atoms. The quantitative estimate of drug-likeness (QED) is 0.809. The van der Waals surface area contributed by atoms with Crippen LogP contribution < -0.4 is 5.32 Å². The van der Waals surface area contributed by atoms with Crippen LogP contribution in [0, 0.1) is 0 Å². The molecule has 1 aliphatic rings. The molecule has 1 unspecified atom stereocenters. The van der Waals surface area contributed by atoms with Crippen molar-refractivity contribution in [1.82, 2.24) is 20.4 Å². The highest BCUT2D eigenvalue weighted by Gasteiger charge is 2.24. The van der Waals surface area contributed by atoms with Gasteiger partial charge in [0.25, 0.3) is 5.91 Å². The molecule has 1 atom stereocenters. The zero-order valence-corrected chi connectivity index (χ0v) is 15.3. The Morgan fingerprint density at radius 1 is 1.38 bits per heavy atom. The van der Waals surface area contributed by atoms with Crippen molar-refractivity contribution in [2.45, 2.75) is 45.6 Å². The molecule has 0 saturated heterocycles. The molecular formula is C18H26N4OS. The van der Waals surface area contributed by atoms with E-state index in [9.17, 15) is 4.79 Å².